The predicted octanol–water partition coefficient (Wildman–Crippen LogP) is 1.55. The largest absolute Gasteiger partial charge is 0.508 e. The third-order valence-electron chi connectivity index (χ3n) is 3.11. The summed E-state index contributed by atoms with van der Waals surface area (Å²) in [5.41, 5.74) is 0.611. The molecule has 106 valence electrons. The zero-order valence-corrected chi connectivity index (χ0v) is 10.6. The summed E-state index contributed by atoms with van der Waals surface area (Å²) >= 11 is 0. The number of phenols is 1. The lowest BCUT2D eigenvalue weighted by atomic mass is 10.1. The first-order chi connectivity index (χ1) is 10.0. The van der Waals surface area contributed by atoms with Crippen LogP contribution in [0.25, 0.3) is 0 Å². The van der Waals surface area contributed by atoms with Crippen LogP contribution in [0.2, 0.25) is 0 Å². The SMILES string of the molecule is O=C1NC(c2ccc(O)cc2)Nc2ncc([N+](=O)[O-])cc21. The maximum Gasteiger partial charge on any atom is 0.288 e. The fourth-order valence-corrected chi connectivity index (χ4v) is 2.06. The van der Waals surface area contributed by atoms with Crippen LogP contribution in [-0.2, 0) is 0 Å². The number of hydrogen-bond donors (Lipinski definition) is 3. The molecule has 0 spiro atoms. The first-order valence-corrected chi connectivity index (χ1v) is 6.05. The van der Waals surface area contributed by atoms with Gasteiger partial charge in [0.1, 0.15) is 23.9 Å². The topological polar surface area (TPSA) is 117 Å². The second-order valence-corrected chi connectivity index (χ2v) is 4.49. The molecule has 1 aromatic carbocycles. The van der Waals surface area contributed by atoms with Crippen LogP contribution in [0.4, 0.5) is 11.5 Å². The number of nitrogens with zero attached hydrogens (tertiary/aromatic N) is 2. The van der Waals surface area contributed by atoms with Gasteiger partial charge in [0.05, 0.1) is 10.5 Å². The molecule has 1 aliphatic rings. The van der Waals surface area contributed by atoms with E-state index in [1.807, 2.05) is 0 Å². The average molecular weight is 286 g/mol. The number of phenolic OH excluding ortho intramolecular Hbond substituents is 1. The van der Waals surface area contributed by atoms with E-state index in [4.69, 9.17) is 0 Å². The van der Waals surface area contributed by atoms with Crippen LogP contribution >= 0.6 is 0 Å². The second-order valence-electron chi connectivity index (χ2n) is 4.49. The normalized spacial score (nSPS) is 16.6. The van der Waals surface area contributed by atoms with Gasteiger partial charge < -0.3 is 15.7 Å². The molecule has 0 bridgehead atoms. The van der Waals surface area contributed by atoms with E-state index in [0.717, 1.165) is 11.8 Å². The zero-order valence-electron chi connectivity index (χ0n) is 10.6. The molecule has 21 heavy (non-hydrogen) atoms. The quantitative estimate of drug-likeness (QED) is 0.569. The van der Waals surface area contributed by atoms with Gasteiger partial charge in [-0.05, 0) is 17.7 Å². The van der Waals surface area contributed by atoms with E-state index in [-0.39, 0.29) is 22.8 Å². The number of hydrogen-bond acceptors (Lipinski definition) is 6. The number of aromatic hydroxyl groups is 1. The number of nitrogens with one attached hydrogen (secondary N) is 2. The summed E-state index contributed by atoms with van der Waals surface area (Å²) in [6.45, 7) is 0. The van der Waals surface area contributed by atoms with Crippen molar-refractivity contribution in [2.24, 2.45) is 0 Å². The van der Waals surface area contributed by atoms with Gasteiger partial charge >= 0.3 is 0 Å². The van der Waals surface area contributed by atoms with Gasteiger partial charge in [-0.15, -0.1) is 0 Å². The molecular formula is C13H10N4O4. The van der Waals surface area contributed by atoms with E-state index < -0.39 is 17.0 Å². The second kappa shape index (κ2) is 4.75. The van der Waals surface area contributed by atoms with Gasteiger partial charge in [-0.1, -0.05) is 12.1 Å². The van der Waals surface area contributed by atoms with E-state index in [1.165, 1.54) is 18.2 Å². The summed E-state index contributed by atoms with van der Waals surface area (Å²) in [6.07, 6.45) is 0.581. The molecule has 3 N–H and O–H groups in total. The van der Waals surface area contributed by atoms with Gasteiger partial charge in [-0.25, -0.2) is 4.98 Å². The van der Waals surface area contributed by atoms with Crippen LogP contribution in [-0.4, -0.2) is 20.9 Å². The van der Waals surface area contributed by atoms with Gasteiger partial charge in [0.2, 0.25) is 0 Å². The lowest BCUT2D eigenvalue weighted by molar-refractivity contribution is -0.385. The smallest absolute Gasteiger partial charge is 0.288 e. The van der Waals surface area contributed by atoms with Crippen molar-refractivity contribution >= 4 is 17.4 Å². The Morgan fingerprint density at radius 3 is 2.62 bits per heavy atom. The first-order valence-electron chi connectivity index (χ1n) is 6.05. The molecule has 1 unspecified atom stereocenters. The first kappa shape index (κ1) is 12.9. The van der Waals surface area contributed by atoms with Gasteiger partial charge in [-0.2, -0.15) is 0 Å². The maximum atomic E-state index is 12.0. The van der Waals surface area contributed by atoms with E-state index in [9.17, 15) is 20.0 Å². The number of rotatable bonds is 2. The number of pyridine rings is 1. The van der Waals surface area contributed by atoms with E-state index in [2.05, 4.69) is 15.6 Å². The molecule has 0 fully saturated rings. The molecule has 3 rings (SSSR count). The van der Waals surface area contributed by atoms with Crippen LogP contribution in [0.5, 0.6) is 5.75 Å². The molecule has 0 saturated carbocycles. The Balaban J connectivity index is 1.94. The highest BCUT2D eigenvalue weighted by Gasteiger charge is 2.27. The lowest BCUT2D eigenvalue weighted by Crippen LogP contribution is -2.38. The molecule has 2 aromatic rings. The number of carbonyl (C=O) groups excluding carboxylic acids is 1. The number of fused-ring (bicyclic) bond motifs is 1. The Bertz CT molecular complexity index is 729. The van der Waals surface area contributed by atoms with Gasteiger partial charge in [0, 0.05) is 6.07 Å². The number of benzene rings is 1. The van der Waals surface area contributed by atoms with Crippen molar-refractivity contribution in [1.82, 2.24) is 10.3 Å². The summed E-state index contributed by atoms with van der Waals surface area (Å²) in [6, 6.07) is 7.49. The van der Waals surface area contributed by atoms with Crippen molar-refractivity contribution in [1.29, 1.82) is 0 Å². The Hall–Kier alpha value is -3.16. The summed E-state index contributed by atoms with van der Waals surface area (Å²) in [5.74, 6) is -0.0458. The van der Waals surface area contributed by atoms with Gasteiger partial charge in [0.15, 0.2) is 0 Å². The fourth-order valence-electron chi connectivity index (χ4n) is 2.06. The molecule has 0 aliphatic carbocycles. The summed E-state index contributed by atoms with van der Waals surface area (Å²) < 4.78 is 0. The van der Waals surface area contributed by atoms with E-state index >= 15 is 0 Å². The summed E-state index contributed by atoms with van der Waals surface area (Å²) in [4.78, 5) is 26.1. The number of amides is 1. The third-order valence-corrected chi connectivity index (χ3v) is 3.11. The molecule has 1 aromatic heterocycles. The number of nitro groups is 1. The molecular weight excluding hydrogens is 276 g/mol. The minimum Gasteiger partial charge on any atom is -0.508 e. The molecule has 1 atom stereocenters. The molecule has 1 amide bonds. The Morgan fingerprint density at radius 2 is 1.95 bits per heavy atom. The molecule has 2 heterocycles. The predicted molar refractivity (Wildman–Crippen MR) is 72.8 cm³/mol. The number of aromatic nitrogens is 1. The number of carbonyl (C=O) groups is 1. The molecule has 8 heteroatoms. The van der Waals surface area contributed by atoms with Crippen molar-refractivity contribution in [3.8, 4) is 5.75 Å². The summed E-state index contributed by atoms with van der Waals surface area (Å²) in [7, 11) is 0. The van der Waals surface area contributed by atoms with Crippen molar-refractivity contribution in [3.63, 3.8) is 0 Å². The van der Waals surface area contributed by atoms with Crippen molar-refractivity contribution in [3.05, 3.63) is 57.8 Å². The van der Waals surface area contributed by atoms with Gasteiger partial charge in [0.25, 0.3) is 11.6 Å². The minimum atomic E-state index is -0.605. The summed E-state index contributed by atoms with van der Waals surface area (Å²) in [5, 5.41) is 25.6. The minimum absolute atomic E-state index is 0.120. The monoisotopic (exact) mass is 286 g/mol. The zero-order chi connectivity index (χ0) is 15.0. The standard InChI is InChI=1S/C13H10N4O4/c18-9-3-1-7(2-4-9)11-15-12-10(13(19)16-11)5-8(6-14-12)17(20)21/h1-6,11,18H,(H,14,15)(H,16,19). The van der Waals surface area contributed by atoms with E-state index in [1.54, 1.807) is 12.1 Å². The Kier molecular flexibility index (Phi) is 2.90. The molecule has 0 radical (unpaired) electrons. The van der Waals surface area contributed by atoms with Crippen LogP contribution in [0.1, 0.15) is 22.1 Å². The Labute approximate surface area is 118 Å². The molecule has 0 saturated heterocycles. The highest BCUT2D eigenvalue weighted by atomic mass is 16.6. The van der Waals surface area contributed by atoms with Crippen molar-refractivity contribution in [2.45, 2.75) is 6.17 Å². The highest BCUT2D eigenvalue weighted by molar-refractivity contribution is 6.01. The number of anilines is 1. The molecule has 1 aliphatic heterocycles. The maximum absolute atomic E-state index is 12.0. The lowest BCUT2D eigenvalue weighted by Gasteiger charge is -2.27. The van der Waals surface area contributed by atoms with E-state index in [0.29, 0.717) is 0 Å². The molecule has 8 nitrogen and oxygen atoms in total. The van der Waals surface area contributed by atoms with Gasteiger partial charge in [-0.3, -0.25) is 14.9 Å². The average Bonchev–Trinajstić information content (AvgIpc) is 2.47. The Morgan fingerprint density at radius 1 is 1.24 bits per heavy atom. The van der Waals surface area contributed by atoms with Crippen LogP contribution in [0, 0.1) is 10.1 Å². The van der Waals surface area contributed by atoms with Crippen LogP contribution < -0.4 is 10.6 Å². The van der Waals surface area contributed by atoms with Crippen molar-refractivity contribution < 1.29 is 14.8 Å². The fraction of sp³-hybridized carbons (Fsp3) is 0.0769. The van der Waals surface area contributed by atoms with Crippen LogP contribution in [0.15, 0.2) is 36.5 Å². The van der Waals surface area contributed by atoms with Crippen molar-refractivity contribution in [2.75, 3.05) is 5.32 Å². The van der Waals surface area contributed by atoms with Crippen LogP contribution in [0.3, 0.4) is 0 Å². The highest BCUT2D eigenvalue weighted by Crippen LogP contribution is 2.27. The third kappa shape index (κ3) is 2.34.